The van der Waals surface area contributed by atoms with Gasteiger partial charge in [-0.25, -0.2) is 4.42 Å². The van der Waals surface area contributed by atoms with Crippen molar-refractivity contribution >= 4 is 40.0 Å². The molecule has 2 heterocycles. The van der Waals surface area contributed by atoms with E-state index in [0.717, 1.165) is 5.00 Å². The molecule has 0 radical (unpaired) electrons. The number of carbonyl (C=O) groups is 1. The highest BCUT2D eigenvalue weighted by Gasteiger charge is 2.24. The zero-order chi connectivity index (χ0) is 16.4. The summed E-state index contributed by atoms with van der Waals surface area (Å²) < 4.78 is 7.74. The third-order valence-corrected chi connectivity index (χ3v) is 4.39. The average Bonchev–Trinajstić information content (AvgIpc) is 3.23. The van der Waals surface area contributed by atoms with Crippen LogP contribution in [0.25, 0.3) is 0 Å². The number of rotatable bonds is 4. The van der Waals surface area contributed by atoms with Gasteiger partial charge in [0.05, 0.1) is 12.7 Å². The van der Waals surface area contributed by atoms with Crippen LogP contribution in [0, 0.1) is 6.92 Å². The van der Waals surface area contributed by atoms with Gasteiger partial charge in [0.25, 0.3) is 11.9 Å². The van der Waals surface area contributed by atoms with Crippen LogP contribution in [-0.4, -0.2) is 27.8 Å². The van der Waals surface area contributed by atoms with E-state index in [1.54, 1.807) is 31.2 Å². The van der Waals surface area contributed by atoms with Crippen LogP contribution in [0.4, 0.5) is 10.9 Å². The van der Waals surface area contributed by atoms with E-state index in [2.05, 4.69) is 10.1 Å². The number of nitrogens with zero attached hydrogens (tertiary/aromatic N) is 4. The van der Waals surface area contributed by atoms with Crippen molar-refractivity contribution in [1.29, 1.82) is 0 Å². The first-order valence-electron chi connectivity index (χ1n) is 6.72. The topological polar surface area (TPSA) is 60.3 Å². The van der Waals surface area contributed by atoms with Crippen LogP contribution in [0.1, 0.15) is 16.2 Å². The number of aromatic nitrogens is 3. The van der Waals surface area contributed by atoms with Crippen LogP contribution in [0.15, 0.2) is 41.8 Å². The molecule has 0 atom stereocenters. The highest BCUT2D eigenvalue weighted by atomic mass is 35.5. The van der Waals surface area contributed by atoms with Crippen LogP contribution in [0.5, 0.6) is 5.75 Å². The molecule has 0 aliphatic rings. The monoisotopic (exact) mass is 348 g/mol. The van der Waals surface area contributed by atoms with Gasteiger partial charge < -0.3 is 4.74 Å². The molecule has 3 rings (SSSR count). The number of hydrogen-bond acceptors (Lipinski definition) is 6. The van der Waals surface area contributed by atoms with Crippen molar-refractivity contribution in [1.82, 2.24) is 14.8 Å². The van der Waals surface area contributed by atoms with Gasteiger partial charge >= 0.3 is 0 Å². The maximum Gasteiger partial charge on any atom is 0.285 e. The fourth-order valence-corrected chi connectivity index (χ4v) is 3.00. The van der Waals surface area contributed by atoms with E-state index in [-0.39, 0.29) is 11.9 Å². The summed E-state index contributed by atoms with van der Waals surface area (Å²) in [4.78, 5) is 17.1. The number of halogens is 1. The van der Waals surface area contributed by atoms with Gasteiger partial charge in [0.1, 0.15) is 16.6 Å². The summed E-state index contributed by atoms with van der Waals surface area (Å²) in [5, 5.41) is 6.81. The largest absolute Gasteiger partial charge is 0.496 e. The van der Waals surface area contributed by atoms with E-state index in [4.69, 9.17) is 16.5 Å². The summed E-state index contributed by atoms with van der Waals surface area (Å²) in [5.74, 6) is 0.794. The van der Waals surface area contributed by atoms with Gasteiger partial charge in [-0.05, 0) is 36.6 Å². The molecule has 0 aliphatic heterocycles. The standard InChI is InChI=1S/C15H13ClN4O2S/c1-10-17-15(19(16)13-8-5-9-23-13)20(18-10)14(21)11-6-3-4-7-12(11)22-2/h3-9H,1-2H3. The van der Waals surface area contributed by atoms with E-state index in [9.17, 15) is 4.79 Å². The number of para-hydroxylation sites is 1. The van der Waals surface area contributed by atoms with Gasteiger partial charge in [0.15, 0.2) is 0 Å². The molecular formula is C15H13ClN4O2S. The maximum absolute atomic E-state index is 12.8. The number of aryl methyl sites for hydroxylation is 1. The molecule has 0 saturated heterocycles. The van der Waals surface area contributed by atoms with Gasteiger partial charge in [-0.2, -0.15) is 9.67 Å². The zero-order valence-electron chi connectivity index (χ0n) is 12.4. The first-order chi connectivity index (χ1) is 11.1. The lowest BCUT2D eigenvalue weighted by molar-refractivity contribution is 0.0944. The second-order valence-corrected chi connectivity index (χ2v) is 5.87. The van der Waals surface area contributed by atoms with Crippen molar-refractivity contribution < 1.29 is 9.53 Å². The van der Waals surface area contributed by atoms with Crippen molar-refractivity contribution in [2.45, 2.75) is 6.92 Å². The molecule has 0 spiro atoms. The summed E-state index contributed by atoms with van der Waals surface area (Å²) in [6.07, 6.45) is 0. The molecule has 8 heteroatoms. The lowest BCUT2D eigenvalue weighted by Gasteiger charge is -2.13. The van der Waals surface area contributed by atoms with Crippen molar-refractivity contribution in [2.75, 3.05) is 11.5 Å². The lowest BCUT2D eigenvalue weighted by atomic mass is 10.2. The molecule has 0 fully saturated rings. The average molecular weight is 349 g/mol. The number of ether oxygens (including phenoxy) is 1. The summed E-state index contributed by atoms with van der Waals surface area (Å²) in [6, 6.07) is 10.6. The molecule has 0 saturated carbocycles. The third-order valence-electron chi connectivity index (χ3n) is 3.10. The minimum absolute atomic E-state index is 0.238. The van der Waals surface area contributed by atoms with E-state index in [0.29, 0.717) is 17.1 Å². The molecule has 0 amide bonds. The van der Waals surface area contributed by atoms with Gasteiger partial charge in [-0.1, -0.05) is 12.1 Å². The summed E-state index contributed by atoms with van der Waals surface area (Å²) in [5.41, 5.74) is 0.386. The Labute approximate surface area is 142 Å². The molecular weight excluding hydrogens is 336 g/mol. The lowest BCUT2D eigenvalue weighted by Crippen LogP contribution is -2.19. The number of hydrogen-bond donors (Lipinski definition) is 0. The fourth-order valence-electron chi connectivity index (χ4n) is 2.08. The smallest absolute Gasteiger partial charge is 0.285 e. The molecule has 3 aromatic rings. The van der Waals surface area contributed by atoms with Crippen LogP contribution >= 0.6 is 23.1 Å². The Bertz CT molecular complexity index is 832. The molecule has 0 aliphatic carbocycles. The summed E-state index contributed by atoms with van der Waals surface area (Å²) in [6.45, 7) is 1.70. The van der Waals surface area contributed by atoms with Crippen molar-refractivity contribution in [3.8, 4) is 5.75 Å². The van der Waals surface area contributed by atoms with Crippen LogP contribution in [0.3, 0.4) is 0 Å². The Morgan fingerprint density at radius 2 is 2.09 bits per heavy atom. The molecule has 0 bridgehead atoms. The third kappa shape index (κ3) is 2.93. The normalized spacial score (nSPS) is 10.6. The van der Waals surface area contributed by atoms with Gasteiger partial charge in [0.2, 0.25) is 0 Å². The van der Waals surface area contributed by atoms with Gasteiger partial charge in [-0.15, -0.1) is 16.4 Å². The molecule has 1 aromatic carbocycles. The molecule has 0 unspecified atom stereocenters. The highest BCUT2D eigenvalue weighted by molar-refractivity contribution is 7.14. The second kappa shape index (κ2) is 6.39. The van der Waals surface area contributed by atoms with Crippen LogP contribution in [0.2, 0.25) is 0 Å². The first kappa shape index (κ1) is 15.5. The quantitative estimate of drug-likeness (QED) is 0.674. The first-order valence-corrected chi connectivity index (χ1v) is 7.94. The number of thiophene rings is 1. The number of anilines is 2. The SMILES string of the molecule is COc1ccccc1C(=O)n1nc(C)nc1N(Cl)c1cccs1. The number of benzene rings is 1. The molecule has 118 valence electrons. The fraction of sp³-hybridized carbons (Fsp3) is 0.133. The van der Waals surface area contributed by atoms with Gasteiger partial charge in [-0.3, -0.25) is 4.79 Å². The van der Waals surface area contributed by atoms with E-state index >= 15 is 0 Å². The predicted octanol–water partition coefficient (Wildman–Crippen LogP) is 3.64. The van der Waals surface area contributed by atoms with Crippen molar-refractivity contribution in [2.24, 2.45) is 0 Å². The minimum Gasteiger partial charge on any atom is -0.496 e. The highest BCUT2D eigenvalue weighted by Crippen LogP contribution is 2.31. The molecule has 2 aromatic heterocycles. The van der Waals surface area contributed by atoms with E-state index in [1.165, 1.54) is 27.5 Å². The predicted molar refractivity (Wildman–Crippen MR) is 89.8 cm³/mol. The summed E-state index contributed by atoms with van der Waals surface area (Å²) in [7, 11) is 1.51. The van der Waals surface area contributed by atoms with Crippen LogP contribution < -0.4 is 9.16 Å². The number of carbonyl (C=O) groups excluding carboxylic acids is 1. The Kier molecular flexibility index (Phi) is 4.31. The Morgan fingerprint density at radius 1 is 1.30 bits per heavy atom. The number of methoxy groups -OCH3 is 1. The Hall–Kier alpha value is -2.38. The van der Waals surface area contributed by atoms with Crippen LogP contribution in [-0.2, 0) is 0 Å². The summed E-state index contributed by atoms with van der Waals surface area (Å²) >= 11 is 7.77. The molecule has 6 nitrogen and oxygen atoms in total. The van der Waals surface area contributed by atoms with Gasteiger partial charge in [0, 0.05) is 11.8 Å². The van der Waals surface area contributed by atoms with Crippen molar-refractivity contribution in [3.05, 3.63) is 53.2 Å². The second-order valence-electron chi connectivity index (χ2n) is 4.61. The maximum atomic E-state index is 12.8. The zero-order valence-corrected chi connectivity index (χ0v) is 14.0. The Balaban J connectivity index is 2.05. The molecule has 23 heavy (non-hydrogen) atoms. The van der Waals surface area contributed by atoms with Crippen molar-refractivity contribution in [3.63, 3.8) is 0 Å². The Morgan fingerprint density at radius 3 is 2.78 bits per heavy atom. The molecule has 0 N–H and O–H groups in total. The van der Waals surface area contributed by atoms with E-state index < -0.39 is 0 Å². The van der Waals surface area contributed by atoms with E-state index in [1.807, 2.05) is 17.5 Å². The minimum atomic E-state index is -0.361.